The van der Waals surface area contributed by atoms with Crippen LogP contribution >= 0.6 is 22.7 Å². The summed E-state index contributed by atoms with van der Waals surface area (Å²) in [6, 6.07) is 0. The van der Waals surface area contributed by atoms with E-state index in [4.69, 9.17) is 5.11 Å². The molecule has 0 saturated heterocycles. The molecule has 0 spiro atoms. The zero-order valence-corrected chi connectivity index (χ0v) is 12.2. The van der Waals surface area contributed by atoms with Crippen molar-refractivity contribution < 1.29 is 9.90 Å². The Labute approximate surface area is 119 Å². The van der Waals surface area contributed by atoms with Crippen molar-refractivity contribution in [3.8, 4) is 0 Å². The Morgan fingerprint density at radius 3 is 2.68 bits per heavy atom. The van der Waals surface area contributed by atoms with E-state index in [1.165, 1.54) is 11.3 Å². The average Bonchev–Trinajstić information content (AvgIpc) is 2.96. The van der Waals surface area contributed by atoms with Gasteiger partial charge in [0, 0.05) is 30.1 Å². The van der Waals surface area contributed by atoms with Gasteiger partial charge in [0.2, 0.25) is 0 Å². The number of anilines is 1. The van der Waals surface area contributed by atoms with Crippen molar-refractivity contribution in [3.05, 3.63) is 27.2 Å². The van der Waals surface area contributed by atoms with E-state index >= 15 is 0 Å². The Morgan fingerprint density at radius 2 is 2.00 bits per heavy atom. The predicted molar refractivity (Wildman–Crippen MR) is 77.1 cm³/mol. The maximum Gasteiger partial charge on any atom is 0.303 e. The van der Waals surface area contributed by atoms with E-state index in [2.05, 4.69) is 20.7 Å². The van der Waals surface area contributed by atoms with Gasteiger partial charge in [-0.3, -0.25) is 4.79 Å². The van der Waals surface area contributed by atoms with E-state index in [1.54, 1.807) is 11.3 Å². The molecule has 0 atom stereocenters. The SMILES string of the molecule is Cc1nc(CCNc2nc(CCC(=O)O)cs2)cs1. The minimum absolute atomic E-state index is 0.126. The minimum atomic E-state index is -0.790. The number of hydrogen-bond acceptors (Lipinski definition) is 6. The molecule has 19 heavy (non-hydrogen) atoms. The second-order valence-electron chi connectivity index (χ2n) is 4.07. The Hall–Kier alpha value is -1.47. The predicted octanol–water partition coefficient (Wildman–Crippen LogP) is 2.58. The first kappa shape index (κ1) is 14.0. The van der Waals surface area contributed by atoms with Crippen LogP contribution in [0.3, 0.4) is 0 Å². The number of carboxylic acids is 1. The fourth-order valence-corrected chi connectivity index (χ4v) is 2.98. The summed E-state index contributed by atoms with van der Waals surface area (Å²) in [6.07, 6.45) is 1.48. The van der Waals surface area contributed by atoms with Crippen molar-refractivity contribution in [2.24, 2.45) is 0 Å². The zero-order chi connectivity index (χ0) is 13.7. The summed E-state index contributed by atoms with van der Waals surface area (Å²) in [7, 11) is 0. The number of aromatic nitrogens is 2. The number of carboxylic acid groups (broad SMARTS) is 1. The van der Waals surface area contributed by atoms with Crippen LogP contribution in [-0.2, 0) is 17.6 Å². The van der Waals surface area contributed by atoms with Crippen molar-refractivity contribution in [2.75, 3.05) is 11.9 Å². The third-order valence-corrected chi connectivity index (χ3v) is 4.14. The third kappa shape index (κ3) is 4.60. The summed E-state index contributed by atoms with van der Waals surface area (Å²) >= 11 is 3.17. The van der Waals surface area contributed by atoms with Crippen molar-refractivity contribution in [1.82, 2.24) is 9.97 Å². The largest absolute Gasteiger partial charge is 0.481 e. The number of hydrogen-bond donors (Lipinski definition) is 2. The summed E-state index contributed by atoms with van der Waals surface area (Å²) in [5.41, 5.74) is 1.93. The number of aliphatic carboxylic acids is 1. The average molecular weight is 297 g/mol. The molecule has 5 nitrogen and oxygen atoms in total. The monoisotopic (exact) mass is 297 g/mol. The van der Waals surface area contributed by atoms with Gasteiger partial charge in [-0.05, 0) is 6.92 Å². The highest BCUT2D eigenvalue weighted by atomic mass is 32.1. The Bertz CT molecular complexity index is 551. The van der Waals surface area contributed by atoms with Gasteiger partial charge in [0.15, 0.2) is 5.13 Å². The molecule has 2 heterocycles. The molecular weight excluding hydrogens is 282 g/mol. The molecule has 102 valence electrons. The lowest BCUT2D eigenvalue weighted by Crippen LogP contribution is -2.05. The molecular formula is C12H15N3O2S2. The van der Waals surface area contributed by atoms with Crippen LogP contribution in [0.15, 0.2) is 10.8 Å². The van der Waals surface area contributed by atoms with Gasteiger partial charge in [0.05, 0.1) is 22.8 Å². The minimum Gasteiger partial charge on any atom is -0.481 e. The van der Waals surface area contributed by atoms with Crippen LogP contribution in [0.1, 0.15) is 22.8 Å². The number of carbonyl (C=O) groups is 1. The Kier molecular flexibility index (Phi) is 4.86. The quantitative estimate of drug-likeness (QED) is 0.821. The summed E-state index contributed by atoms with van der Waals surface area (Å²) in [4.78, 5) is 19.2. The van der Waals surface area contributed by atoms with Gasteiger partial charge in [-0.15, -0.1) is 22.7 Å². The van der Waals surface area contributed by atoms with E-state index in [-0.39, 0.29) is 6.42 Å². The van der Waals surface area contributed by atoms with Crippen LogP contribution in [0.25, 0.3) is 0 Å². The van der Waals surface area contributed by atoms with Crippen molar-refractivity contribution in [3.63, 3.8) is 0 Å². The molecule has 0 radical (unpaired) electrons. The molecule has 2 aromatic rings. The van der Waals surface area contributed by atoms with Gasteiger partial charge in [0.1, 0.15) is 0 Å². The van der Waals surface area contributed by atoms with Gasteiger partial charge in [-0.1, -0.05) is 0 Å². The maximum absolute atomic E-state index is 10.5. The van der Waals surface area contributed by atoms with Gasteiger partial charge in [-0.2, -0.15) is 0 Å². The first-order valence-corrected chi connectivity index (χ1v) is 7.70. The Balaban J connectivity index is 1.75. The molecule has 0 bridgehead atoms. The van der Waals surface area contributed by atoms with Crippen LogP contribution < -0.4 is 5.32 Å². The smallest absolute Gasteiger partial charge is 0.303 e. The van der Waals surface area contributed by atoms with Crippen LogP contribution in [0, 0.1) is 6.92 Å². The molecule has 0 fully saturated rings. The van der Waals surface area contributed by atoms with E-state index < -0.39 is 5.97 Å². The fraction of sp³-hybridized carbons (Fsp3) is 0.417. The van der Waals surface area contributed by atoms with Crippen molar-refractivity contribution in [1.29, 1.82) is 0 Å². The highest BCUT2D eigenvalue weighted by Gasteiger charge is 2.05. The molecule has 0 saturated carbocycles. The molecule has 0 aliphatic heterocycles. The van der Waals surface area contributed by atoms with Crippen LogP contribution in [0.4, 0.5) is 5.13 Å². The normalized spacial score (nSPS) is 10.6. The highest BCUT2D eigenvalue weighted by molar-refractivity contribution is 7.13. The number of nitrogens with one attached hydrogen (secondary N) is 1. The van der Waals surface area contributed by atoms with Crippen LogP contribution in [0.5, 0.6) is 0 Å². The summed E-state index contributed by atoms with van der Waals surface area (Å²) in [5, 5.41) is 17.7. The lowest BCUT2D eigenvalue weighted by Gasteiger charge is -1.99. The van der Waals surface area contributed by atoms with Gasteiger partial charge < -0.3 is 10.4 Å². The molecule has 0 unspecified atom stereocenters. The number of rotatable bonds is 7. The molecule has 0 aromatic carbocycles. The van der Waals surface area contributed by atoms with E-state index in [1.807, 2.05) is 12.3 Å². The molecule has 7 heteroatoms. The maximum atomic E-state index is 10.5. The number of nitrogens with zero attached hydrogens (tertiary/aromatic N) is 2. The van der Waals surface area contributed by atoms with E-state index in [0.29, 0.717) is 6.42 Å². The molecule has 2 aromatic heterocycles. The van der Waals surface area contributed by atoms with Crippen LogP contribution in [0.2, 0.25) is 0 Å². The number of aryl methyl sites for hydroxylation is 2. The number of thiazole rings is 2. The van der Waals surface area contributed by atoms with Crippen LogP contribution in [-0.4, -0.2) is 27.6 Å². The van der Waals surface area contributed by atoms with E-state index in [9.17, 15) is 4.79 Å². The zero-order valence-electron chi connectivity index (χ0n) is 10.5. The lowest BCUT2D eigenvalue weighted by molar-refractivity contribution is -0.136. The topological polar surface area (TPSA) is 75.1 Å². The van der Waals surface area contributed by atoms with Gasteiger partial charge in [0.25, 0.3) is 0 Å². The van der Waals surface area contributed by atoms with Crippen molar-refractivity contribution >= 4 is 33.8 Å². The third-order valence-electron chi connectivity index (χ3n) is 2.47. The summed E-state index contributed by atoms with van der Waals surface area (Å²) in [5.74, 6) is -0.790. The molecule has 2 N–H and O–H groups in total. The molecule has 0 aliphatic carbocycles. The van der Waals surface area contributed by atoms with Gasteiger partial charge in [-0.25, -0.2) is 9.97 Å². The fourth-order valence-electron chi connectivity index (χ4n) is 1.56. The summed E-state index contributed by atoms with van der Waals surface area (Å²) < 4.78 is 0. The first-order valence-electron chi connectivity index (χ1n) is 5.94. The molecule has 0 amide bonds. The Morgan fingerprint density at radius 1 is 1.26 bits per heavy atom. The van der Waals surface area contributed by atoms with Crippen molar-refractivity contribution in [2.45, 2.75) is 26.2 Å². The summed E-state index contributed by atoms with van der Waals surface area (Å²) in [6.45, 7) is 2.78. The van der Waals surface area contributed by atoms with E-state index in [0.717, 1.165) is 34.5 Å². The second-order valence-corrected chi connectivity index (χ2v) is 5.99. The van der Waals surface area contributed by atoms with Gasteiger partial charge >= 0.3 is 5.97 Å². The standard InChI is InChI=1S/C12H15N3O2S2/c1-8-14-10(6-18-8)4-5-13-12-15-9(7-19-12)2-3-11(16)17/h6-7H,2-5H2,1H3,(H,13,15)(H,16,17). The highest BCUT2D eigenvalue weighted by Crippen LogP contribution is 2.16. The molecule has 0 aliphatic rings. The lowest BCUT2D eigenvalue weighted by atomic mass is 10.2. The second kappa shape index (κ2) is 6.63. The molecule has 2 rings (SSSR count). The first-order chi connectivity index (χ1) is 9.13.